The number of rotatable bonds is 8. The van der Waals surface area contributed by atoms with Gasteiger partial charge in [0.25, 0.3) is 0 Å². The molecule has 2 N–H and O–H groups in total. The molecule has 2 heteroatoms. The summed E-state index contributed by atoms with van der Waals surface area (Å²) >= 11 is 0. The van der Waals surface area contributed by atoms with Crippen LogP contribution in [0.3, 0.4) is 0 Å². The van der Waals surface area contributed by atoms with E-state index in [9.17, 15) is 0 Å². The maximum Gasteiger partial charge on any atom is 0.00675 e. The molecule has 2 nitrogen and oxygen atoms in total. The second-order valence-electron chi connectivity index (χ2n) is 6.22. The monoisotopic (exact) mass is 238 g/mol. The summed E-state index contributed by atoms with van der Waals surface area (Å²) in [6.45, 7) is 6.06. The van der Waals surface area contributed by atoms with Crippen LogP contribution in [-0.2, 0) is 0 Å². The minimum Gasteiger partial charge on any atom is -0.316 e. The standard InChI is InChI=1S/C15H30N2/c1-2-8-15(9-10-15)13-16-11-5-7-14-6-3-4-12-17-14/h14,16-17H,2-13H2,1H3. The third-order valence-electron chi connectivity index (χ3n) is 4.56. The molecule has 17 heavy (non-hydrogen) atoms. The summed E-state index contributed by atoms with van der Waals surface area (Å²) in [7, 11) is 0. The first kappa shape index (κ1) is 13.4. The normalized spacial score (nSPS) is 27.0. The first-order chi connectivity index (χ1) is 8.35. The topological polar surface area (TPSA) is 24.1 Å². The van der Waals surface area contributed by atoms with Gasteiger partial charge in [-0.25, -0.2) is 0 Å². The van der Waals surface area contributed by atoms with Crippen molar-refractivity contribution < 1.29 is 0 Å². The van der Waals surface area contributed by atoms with Gasteiger partial charge >= 0.3 is 0 Å². The smallest absolute Gasteiger partial charge is 0.00675 e. The fourth-order valence-corrected chi connectivity index (χ4v) is 3.22. The summed E-state index contributed by atoms with van der Waals surface area (Å²) in [6.07, 6.45) is 12.7. The average Bonchev–Trinajstić information content (AvgIpc) is 3.11. The second-order valence-corrected chi connectivity index (χ2v) is 6.22. The van der Waals surface area contributed by atoms with E-state index in [-0.39, 0.29) is 0 Å². The third-order valence-corrected chi connectivity index (χ3v) is 4.56. The SMILES string of the molecule is CCCC1(CNCCCC2CCCCN2)CC1. The molecule has 0 aromatic rings. The van der Waals surface area contributed by atoms with E-state index >= 15 is 0 Å². The molecule has 0 spiro atoms. The van der Waals surface area contributed by atoms with Gasteiger partial charge in [-0.2, -0.15) is 0 Å². The lowest BCUT2D eigenvalue weighted by Gasteiger charge is -2.23. The highest BCUT2D eigenvalue weighted by atomic mass is 14.9. The molecule has 2 rings (SSSR count). The van der Waals surface area contributed by atoms with Crippen LogP contribution in [0.1, 0.15) is 64.7 Å². The van der Waals surface area contributed by atoms with E-state index in [0.29, 0.717) is 0 Å². The number of hydrogen-bond acceptors (Lipinski definition) is 2. The molecule has 0 bridgehead atoms. The van der Waals surface area contributed by atoms with Crippen LogP contribution >= 0.6 is 0 Å². The van der Waals surface area contributed by atoms with Crippen molar-refractivity contribution in [1.82, 2.24) is 10.6 Å². The van der Waals surface area contributed by atoms with Crippen LogP contribution in [0, 0.1) is 5.41 Å². The molecule has 100 valence electrons. The van der Waals surface area contributed by atoms with Gasteiger partial charge in [-0.15, -0.1) is 0 Å². The van der Waals surface area contributed by atoms with Gasteiger partial charge in [0, 0.05) is 12.6 Å². The Hall–Kier alpha value is -0.0800. The molecule has 1 aliphatic carbocycles. The molecule has 1 unspecified atom stereocenters. The molecule has 1 saturated heterocycles. The predicted octanol–water partition coefficient (Wildman–Crippen LogP) is 3.08. The lowest BCUT2D eigenvalue weighted by atomic mass is 9.99. The molecule has 1 atom stereocenters. The summed E-state index contributed by atoms with van der Waals surface area (Å²) in [4.78, 5) is 0. The van der Waals surface area contributed by atoms with Crippen molar-refractivity contribution in [2.45, 2.75) is 70.8 Å². The van der Waals surface area contributed by atoms with E-state index in [1.54, 1.807) is 0 Å². The summed E-state index contributed by atoms with van der Waals surface area (Å²) in [5, 5.41) is 7.32. The zero-order valence-corrected chi connectivity index (χ0v) is 11.6. The molecule has 0 amide bonds. The highest BCUT2D eigenvalue weighted by Gasteiger charge is 2.40. The molecule has 1 heterocycles. The van der Waals surface area contributed by atoms with Gasteiger partial charge in [0.05, 0.1) is 0 Å². The van der Waals surface area contributed by atoms with Crippen molar-refractivity contribution in [3.8, 4) is 0 Å². The third kappa shape index (κ3) is 4.59. The largest absolute Gasteiger partial charge is 0.316 e. The molecular formula is C15H30N2. The first-order valence-electron chi connectivity index (χ1n) is 7.79. The van der Waals surface area contributed by atoms with Crippen molar-refractivity contribution in [2.75, 3.05) is 19.6 Å². The summed E-state index contributed by atoms with van der Waals surface area (Å²) in [5.74, 6) is 0. The molecular weight excluding hydrogens is 208 g/mol. The van der Waals surface area contributed by atoms with Gasteiger partial charge < -0.3 is 10.6 Å². The predicted molar refractivity (Wildman–Crippen MR) is 74.3 cm³/mol. The zero-order valence-electron chi connectivity index (χ0n) is 11.6. The van der Waals surface area contributed by atoms with Crippen LogP contribution in [0.4, 0.5) is 0 Å². The summed E-state index contributed by atoms with van der Waals surface area (Å²) in [6, 6.07) is 0.816. The van der Waals surface area contributed by atoms with Crippen LogP contribution in [0.5, 0.6) is 0 Å². The Bertz CT molecular complexity index is 205. The van der Waals surface area contributed by atoms with E-state index in [0.717, 1.165) is 11.5 Å². The van der Waals surface area contributed by atoms with Crippen LogP contribution in [0.15, 0.2) is 0 Å². The van der Waals surface area contributed by atoms with Crippen LogP contribution in [-0.4, -0.2) is 25.7 Å². The minimum atomic E-state index is 0.720. The average molecular weight is 238 g/mol. The molecule has 0 radical (unpaired) electrons. The molecule has 1 aliphatic heterocycles. The quantitative estimate of drug-likeness (QED) is 0.635. The van der Waals surface area contributed by atoms with E-state index in [1.165, 1.54) is 77.4 Å². The van der Waals surface area contributed by atoms with Crippen LogP contribution in [0.25, 0.3) is 0 Å². The van der Waals surface area contributed by atoms with Gasteiger partial charge in [-0.05, 0) is 63.5 Å². The second kappa shape index (κ2) is 6.75. The maximum atomic E-state index is 3.68. The number of hydrogen-bond donors (Lipinski definition) is 2. The summed E-state index contributed by atoms with van der Waals surface area (Å²) in [5.41, 5.74) is 0.720. The van der Waals surface area contributed by atoms with E-state index in [4.69, 9.17) is 0 Å². The Morgan fingerprint density at radius 3 is 2.82 bits per heavy atom. The van der Waals surface area contributed by atoms with Crippen molar-refractivity contribution in [3.05, 3.63) is 0 Å². The van der Waals surface area contributed by atoms with Crippen molar-refractivity contribution in [1.29, 1.82) is 0 Å². The maximum absolute atomic E-state index is 3.68. The van der Waals surface area contributed by atoms with Gasteiger partial charge in [-0.1, -0.05) is 19.8 Å². The fraction of sp³-hybridized carbons (Fsp3) is 1.00. The van der Waals surface area contributed by atoms with Gasteiger partial charge in [-0.3, -0.25) is 0 Å². The molecule has 2 fully saturated rings. The lowest BCUT2D eigenvalue weighted by Crippen LogP contribution is -2.34. The molecule has 1 saturated carbocycles. The van der Waals surface area contributed by atoms with E-state index in [2.05, 4.69) is 17.6 Å². The van der Waals surface area contributed by atoms with Crippen LogP contribution < -0.4 is 10.6 Å². The fourth-order valence-electron chi connectivity index (χ4n) is 3.22. The Morgan fingerprint density at radius 1 is 1.29 bits per heavy atom. The van der Waals surface area contributed by atoms with Crippen LogP contribution in [0.2, 0.25) is 0 Å². The molecule has 2 aliphatic rings. The molecule has 0 aromatic carbocycles. The van der Waals surface area contributed by atoms with Crippen molar-refractivity contribution >= 4 is 0 Å². The van der Waals surface area contributed by atoms with Gasteiger partial charge in [0.15, 0.2) is 0 Å². The number of piperidine rings is 1. The lowest BCUT2D eigenvalue weighted by molar-refractivity contribution is 0.365. The highest BCUT2D eigenvalue weighted by molar-refractivity contribution is 4.94. The zero-order chi connectivity index (χ0) is 12.0. The Labute approximate surface area is 107 Å². The minimum absolute atomic E-state index is 0.720. The first-order valence-corrected chi connectivity index (χ1v) is 7.79. The Balaban J connectivity index is 1.46. The van der Waals surface area contributed by atoms with Crippen molar-refractivity contribution in [2.24, 2.45) is 5.41 Å². The van der Waals surface area contributed by atoms with E-state index < -0.39 is 0 Å². The van der Waals surface area contributed by atoms with E-state index in [1.807, 2.05) is 0 Å². The Morgan fingerprint density at radius 2 is 2.18 bits per heavy atom. The highest BCUT2D eigenvalue weighted by Crippen LogP contribution is 2.48. The summed E-state index contributed by atoms with van der Waals surface area (Å²) < 4.78 is 0. The molecule has 0 aromatic heterocycles. The Kier molecular flexibility index (Phi) is 5.30. The van der Waals surface area contributed by atoms with Gasteiger partial charge in [0.2, 0.25) is 0 Å². The van der Waals surface area contributed by atoms with Crippen molar-refractivity contribution in [3.63, 3.8) is 0 Å². The van der Waals surface area contributed by atoms with Gasteiger partial charge in [0.1, 0.15) is 0 Å². The number of nitrogens with one attached hydrogen (secondary N) is 2.